The Labute approximate surface area is 125 Å². The summed E-state index contributed by atoms with van der Waals surface area (Å²) >= 11 is 2.14. The van der Waals surface area contributed by atoms with E-state index in [4.69, 9.17) is 4.74 Å². The SMILES string of the molecule is COC(=O)c1nn(-c2ccncc2)c(C(C)C)c1I. The van der Waals surface area contributed by atoms with Crippen molar-refractivity contribution in [3.05, 3.63) is 39.5 Å². The highest BCUT2D eigenvalue weighted by molar-refractivity contribution is 14.1. The van der Waals surface area contributed by atoms with Gasteiger partial charge in [0, 0.05) is 12.4 Å². The highest BCUT2D eigenvalue weighted by Crippen LogP contribution is 2.27. The summed E-state index contributed by atoms with van der Waals surface area (Å²) in [6.07, 6.45) is 3.40. The van der Waals surface area contributed by atoms with E-state index in [-0.39, 0.29) is 5.92 Å². The van der Waals surface area contributed by atoms with Crippen molar-refractivity contribution in [1.29, 1.82) is 0 Å². The Balaban J connectivity index is 2.64. The molecular formula is C13H14IN3O2. The number of methoxy groups -OCH3 is 1. The van der Waals surface area contributed by atoms with Gasteiger partial charge in [-0.25, -0.2) is 9.48 Å². The van der Waals surface area contributed by atoms with Crippen LogP contribution in [0.25, 0.3) is 5.69 Å². The minimum absolute atomic E-state index is 0.242. The van der Waals surface area contributed by atoms with Gasteiger partial charge in [0.05, 0.1) is 22.1 Å². The number of pyridine rings is 1. The third-order valence-corrected chi connectivity index (χ3v) is 3.76. The topological polar surface area (TPSA) is 57.0 Å². The average Bonchev–Trinajstić information content (AvgIpc) is 2.76. The van der Waals surface area contributed by atoms with Crippen molar-refractivity contribution in [2.24, 2.45) is 0 Å². The fourth-order valence-corrected chi connectivity index (χ4v) is 3.00. The molecule has 2 aromatic rings. The van der Waals surface area contributed by atoms with Gasteiger partial charge in [-0.3, -0.25) is 4.98 Å². The van der Waals surface area contributed by atoms with Crippen molar-refractivity contribution in [3.8, 4) is 5.69 Å². The van der Waals surface area contributed by atoms with Crippen LogP contribution in [-0.2, 0) is 4.74 Å². The smallest absolute Gasteiger partial charge is 0.359 e. The van der Waals surface area contributed by atoms with Crippen molar-refractivity contribution in [1.82, 2.24) is 14.8 Å². The van der Waals surface area contributed by atoms with Crippen LogP contribution in [0.2, 0.25) is 0 Å². The number of aromatic nitrogens is 3. The molecule has 0 saturated heterocycles. The van der Waals surface area contributed by atoms with Gasteiger partial charge in [-0.05, 0) is 40.6 Å². The molecule has 6 heteroatoms. The second-order valence-corrected chi connectivity index (χ2v) is 5.39. The molecule has 0 bridgehead atoms. The summed E-state index contributed by atoms with van der Waals surface area (Å²) in [5.41, 5.74) is 2.22. The summed E-state index contributed by atoms with van der Waals surface area (Å²) in [4.78, 5) is 15.7. The number of hydrogen-bond acceptors (Lipinski definition) is 4. The van der Waals surface area contributed by atoms with E-state index in [1.165, 1.54) is 7.11 Å². The molecule has 100 valence electrons. The molecule has 0 spiro atoms. The molecule has 2 aromatic heterocycles. The normalized spacial score (nSPS) is 10.8. The van der Waals surface area contributed by atoms with Crippen LogP contribution in [0, 0.1) is 3.57 Å². The maximum atomic E-state index is 11.7. The van der Waals surface area contributed by atoms with Crippen LogP contribution in [0.3, 0.4) is 0 Å². The number of carbonyl (C=O) groups is 1. The highest BCUT2D eigenvalue weighted by atomic mass is 127. The van der Waals surface area contributed by atoms with Gasteiger partial charge in [0.15, 0.2) is 5.69 Å². The Morgan fingerprint density at radius 2 is 2.00 bits per heavy atom. The fraction of sp³-hybridized carbons (Fsp3) is 0.308. The van der Waals surface area contributed by atoms with Crippen LogP contribution in [0.4, 0.5) is 0 Å². The molecule has 2 rings (SSSR count). The molecule has 19 heavy (non-hydrogen) atoms. The van der Waals surface area contributed by atoms with E-state index in [1.807, 2.05) is 12.1 Å². The van der Waals surface area contributed by atoms with E-state index in [2.05, 4.69) is 46.5 Å². The van der Waals surface area contributed by atoms with Gasteiger partial charge in [-0.15, -0.1) is 0 Å². The number of halogens is 1. The number of ether oxygens (including phenoxy) is 1. The number of carbonyl (C=O) groups excluding carboxylic acids is 1. The molecule has 0 aliphatic carbocycles. The molecular weight excluding hydrogens is 357 g/mol. The molecule has 2 heterocycles. The molecule has 0 radical (unpaired) electrons. The van der Waals surface area contributed by atoms with E-state index in [1.54, 1.807) is 17.1 Å². The highest BCUT2D eigenvalue weighted by Gasteiger charge is 2.24. The largest absolute Gasteiger partial charge is 0.464 e. The zero-order chi connectivity index (χ0) is 14.0. The Morgan fingerprint density at radius 1 is 1.37 bits per heavy atom. The monoisotopic (exact) mass is 371 g/mol. The van der Waals surface area contributed by atoms with E-state index in [9.17, 15) is 4.79 Å². The van der Waals surface area contributed by atoms with E-state index < -0.39 is 5.97 Å². The van der Waals surface area contributed by atoms with Gasteiger partial charge in [0.2, 0.25) is 0 Å². The van der Waals surface area contributed by atoms with E-state index in [0.29, 0.717) is 5.69 Å². The first-order chi connectivity index (χ1) is 9.06. The predicted molar refractivity (Wildman–Crippen MR) is 79.5 cm³/mol. The summed E-state index contributed by atoms with van der Waals surface area (Å²) in [7, 11) is 1.36. The maximum absolute atomic E-state index is 11.7. The zero-order valence-electron chi connectivity index (χ0n) is 10.9. The summed E-state index contributed by atoms with van der Waals surface area (Å²) < 4.78 is 7.38. The van der Waals surface area contributed by atoms with E-state index in [0.717, 1.165) is 15.0 Å². The lowest BCUT2D eigenvalue weighted by Gasteiger charge is -2.10. The minimum Gasteiger partial charge on any atom is -0.464 e. The standard InChI is InChI=1S/C13H14IN3O2/c1-8(2)12-10(14)11(13(18)19-3)16-17(12)9-4-6-15-7-5-9/h4-8H,1-3H3. The van der Waals surface area contributed by atoms with Crippen LogP contribution in [0.1, 0.15) is 35.9 Å². The summed E-state index contributed by atoms with van der Waals surface area (Å²) in [6.45, 7) is 4.13. The van der Waals surface area contributed by atoms with Gasteiger partial charge in [0.25, 0.3) is 0 Å². The van der Waals surface area contributed by atoms with Crippen LogP contribution in [-0.4, -0.2) is 27.8 Å². The van der Waals surface area contributed by atoms with Gasteiger partial charge in [0.1, 0.15) is 0 Å². The Hall–Kier alpha value is -1.44. The molecule has 0 saturated carbocycles. The quantitative estimate of drug-likeness (QED) is 0.615. The first kappa shape index (κ1) is 14.0. The molecule has 0 unspecified atom stereocenters. The Bertz CT molecular complexity index is 593. The number of esters is 1. The first-order valence-corrected chi connectivity index (χ1v) is 6.91. The maximum Gasteiger partial charge on any atom is 0.359 e. The van der Waals surface area contributed by atoms with E-state index >= 15 is 0 Å². The Kier molecular flexibility index (Phi) is 4.18. The van der Waals surface area contributed by atoms with Gasteiger partial charge in [-0.1, -0.05) is 13.8 Å². The predicted octanol–water partition coefficient (Wildman–Crippen LogP) is 2.78. The minimum atomic E-state index is -0.417. The average molecular weight is 371 g/mol. The van der Waals surface area contributed by atoms with Crippen LogP contribution in [0.15, 0.2) is 24.5 Å². The molecule has 0 N–H and O–H groups in total. The second-order valence-electron chi connectivity index (χ2n) is 4.31. The number of rotatable bonds is 3. The lowest BCUT2D eigenvalue weighted by Crippen LogP contribution is -2.05. The summed E-state index contributed by atoms with van der Waals surface area (Å²) in [5, 5.41) is 4.38. The molecule has 0 aliphatic rings. The molecule has 0 aromatic carbocycles. The third kappa shape index (κ3) is 2.63. The number of hydrogen-bond donors (Lipinski definition) is 0. The fourth-order valence-electron chi connectivity index (χ4n) is 1.82. The summed E-state index contributed by atoms with van der Waals surface area (Å²) in [5.74, 6) is -0.176. The second kappa shape index (κ2) is 5.68. The lowest BCUT2D eigenvalue weighted by molar-refractivity contribution is 0.0592. The van der Waals surface area contributed by atoms with Gasteiger partial charge < -0.3 is 4.74 Å². The number of nitrogens with zero attached hydrogens (tertiary/aromatic N) is 3. The van der Waals surface area contributed by atoms with Crippen molar-refractivity contribution < 1.29 is 9.53 Å². The van der Waals surface area contributed by atoms with Crippen molar-refractivity contribution in [2.45, 2.75) is 19.8 Å². The van der Waals surface area contributed by atoms with Crippen molar-refractivity contribution in [2.75, 3.05) is 7.11 Å². The van der Waals surface area contributed by atoms with Gasteiger partial charge in [-0.2, -0.15) is 5.10 Å². The van der Waals surface area contributed by atoms with Crippen molar-refractivity contribution in [3.63, 3.8) is 0 Å². The molecule has 5 nitrogen and oxygen atoms in total. The lowest BCUT2D eigenvalue weighted by atomic mass is 10.1. The molecule has 0 amide bonds. The third-order valence-electron chi connectivity index (χ3n) is 2.69. The molecule has 0 fully saturated rings. The zero-order valence-corrected chi connectivity index (χ0v) is 13.1. The Morgan fingerprint density at radius 3 is 2.53 bits per heavy atom. The molecule has 0 aliphatic heterocycles. The van der Waals surface area contributed by atoms with Crippen LogP contribution in [0.5, 0.6) is 0 Å². The first-order valence-electron chi connectivity index (χ1n) is 5.83. The van der Waals surface area contributed by atoms with Crippen LogP contribution < -0.4 is 0 Å². The summed E-state index contributed by atoms with van der Waals surface area (Å²) in [6, 6.07) is 3.71. The van der Waals surface area contributed by atoms with Crippen molar-refractivity contribution >= 4 is 28.6 Å². The van der Waals surface area contributed by atoms with Gasteiger partial charge >= 0.3 is 5.97 Å². The van der Waals surface area contributed by atoms with Crippen LogP contribution >= 0.6 is 22.6 Å². The molecule has 0 atom stereocenters.